The summed E-state index contributed by atoms with van der Waals surface area (Å²) >= 11 is 0. The number of ether oxygens (including phenoxy) is 2. The van der Waals surface area contributed by atoms with Crippen molar-refractivity contribution in [1.29, 1.82) is 0 Å². The van der Waals surface area contributed by atoms with Crippen molar-refractivity contribution in [2.75, 3.05) is 38.7 Å². The Morgan fingerprint density at radius 3 is 2.46 bits per heavy atom. The standard InChI is InChI=1S/C36H52N4O6/c1-25-22-40(26(2)24-41)35(43)31-21-30(38-36(44)37-29-16-9-6-10-17-29)18-19-32(31)46-27(3)13-11-12-20-45-33(25)23-39(4)34(42)28-14-7-5-8-15-28/h5,7-8,14-15,18-19,21,25-27,29,33,41H,6,9-13,16-17,20,22-24H2,1-4H3,(H2,37,38,44)/t25-,26-,27+,33+/m0/s1. The second kappa shape index (κ2) is 17.3. The van der Waals surface area contributed by atoms with Gasteiger partial charge in [0.15, 0.2) is 0 Å². The molecule has 1 heterocycles. The molecule has 10 heteroatoms. The Balaban J connectivity index is 1.58. The van der Waals surface area contributed by atoms with Crippen LogP contribution in [0, 0.1) is 5.92 Å². The number of rotatable bonds is 7. The Bertz CT molecular complexity index is 1280. The SMILES string of the molecule is C[C@@H]1CCCCO[C@H](CN(C)C(=O)c2ccccc2)[C@@H](C)CN([C@@H](C)CO)C(=O)c2cc(NC(=O)NC3CCCCC3)ccc2O1. The number of urea groups is 1. The Morgan fingerprint density at radius 2 is 1.74 bits per heavy atom. The van der Waals surface area contributed by atoms with Gasteiger partial charge >= 0.3 is 6.03 Å². The molecule has 3 N–H and O–H groups in total. The van der Waals surface area contributed by atoms with E-state index in [0.717, 1.165) is 44.9 Å². The summed E-state index contributed by atoms with van der Waals surface area (Å²) in [6, 6.07) is 13.7. The molecule has 0 spiro atoms. The Labute approximate surface area is 273 Å². The molecule has 0 radical (unpaired) electrons. The Hall–Kier alpha value is -3.63. The maximum absolute atomic E-state index is 14.3. The van der Waals surface area contributed by atoms with Crippen LogP contribution in [-0.2, 0) is 4.74 Å². The molecule has 4 rings (SSSR count). The van der Waals surface area contributed by atoms with Crippen molar-refractivity contribution >= 4 is 23.5 Å². The van der Waals surface area contributed by atoms with Crippen molar-refractivity contribution in [3.05, 3.63) is 59.7 Å². The largest absolute Gasteiger partial charge is 0.490 e. The van der Waals surface area contributed by atoms with Crippen molar-refractivity contribution in [2.45, 2.75) is 96.4 Å². The number of aliphatic hydroxyl groups is 1. The van der Waals surface area contributed by atoms with Crippen LogP contribution in [0.25, 0.3) is 0 Å². The van der Waals surface area contributed by atoms with E-state index < -0.39 is 6.04 Å². The molecule has 1 saturated carbocycles. The van der Waals surface area contributed by atoms with E-state index in [1.807, 2.05) is 32.0 Å². The second-order valence-corrected chi connectivity index (χ2v) is 13.0. The van der Waals surface area contributed by atoms with Gasteiger partial charge < -0.3 is 35.0 Å². The van der Waals surface area contributed by atoms with Crippen LogP contribution >= 0.6 is 0 Å². The topological polar surface area (TPSA) is 120 Å². The highest BCUT2D eigenvalue weighted by atomic mass is 16.5. The first kappa shape index (κ1) is 35.2. The number of carbonyl (C=O) groups excluding carboxylic acids is 3. The molecule has 2 aromatic carbocycles. The number of hydrogen-bond donors (Lipinski definition) is 3. The minimum Gasteiger partial charge on any atom is -0.490 e. The van der Waals surface area contributed by atoms with E-state index in [2.05, 4.69) is 10.6 Å². The lowest BCUT2D eigenvalue weighted by atomic mass is 9.96. The van der Waals surface area contributed by atoms with Crippen LogP contribution in [0.3, 0.4) is 0 Å². The molecular formula is C36H52N4O6. The van der Waals surface area contributed by atoms with E-state index in [1.54, 1.807) is 54.1 Å². The molecule has 10 nitrogen and oxygen atoms in total. The van der Waals surface area contributed by atoms with Gasteiger partial charge in [-0.3, -0.25) is 9.59 Å². The number of hydrogen-bond acceptors (Lipinski definition) is 6. The number of nitrogens with zero attached hydrogens (tertiary/aromatic N) is 2. The number of nitrogens with one attached hydrogen (secondary N) is 2. The van der Waals surface area contributed by atoms with Gasteiger partial charge in [0.25, 0.3) is 11.8 Å². The number of fused-ring (bicyclic) bond motifs is 1. The molecule has 2 aromatic rings. The lowest BCUT2D eigenvalue weighted by molar-refractivity contribution is -0.0149. The van der Waals surface area contributed by atoms with E-state index in [4.69, 9.17) is 9.47 Å². The summed E-state index contributed by atoms with van der Waals surface area (Å²) in [5.41, 5.74) is 1.41. The predicted octanol–water partition coefficient (Wildman–Crippen LogP) is 5.71. The van der Waals surface area contributed by atoms with E-state index in [9.17, 15) is 19.5 Å². The lowest BCUT2D eigenvalue weighted by Gasteiger charge is -2.36. The third kappa shape index (κ3) is 9.93. The zero-order valence-electron chi connectivity index (χ0n) is 27.9. The molecule has 0 bridgehead atoms. The maximum Gasteiger partial charge on any atom is 0.319 e. The maximum atomic E-state index is 14.3. The van der Waals surface area contributed by atoms with Gasteiger partial charge in [-0.25, -0.2) is 4.79 Å². The van der Waals surface area contributed by atoms with E-state index in [1.165, 1.54) is 6.42 Å². The minimum atomic E-state index is -0.497. The summed E-state index contributed by atoms with van der Waals surface area (Å²) in [5, 5.41) is 16.2. The first-order valence-corrected chi connectivity index (χ1v) is 16.9. The monoisotopic (exact) mass is 636 g/mol. The number of likely N-dealkylation sites (N-methyl/N-ethyl adjacent to an activating group) is 1. The quantitative estimate of drug-likeness (QED) is 0.358. The molecule has 1 fully saturated rings. The van der Waals surface area contributed by atoms with Crippen LogP contribution in [0.4, 0.5) is 10.5 Å². The van der Waals surface area contributed by atoms with Crippen LogP contribution < -0.4 is 15.4 Å². The zero-order valence-corrected chi connectivity index (χ0v) is 27.9. The van der Waals surface area contributed by atoms with Gasteiger partial charge in [-0.1, -0.05) is 44.4 Å². The lowest BCUT2D eigenvalue weighted by Crippen LogP contribution is -2.48. The van der Waals surface area contributed by atoms with Crippen LogP contribution in [0.5, 0.6) is 5.75 Å². The molecule has 0 aromatic heterocycles. The van der Waals surface area contributed by atoms with E-state index >= 15 is 0 Å². The van der Waals surface area contributed by atoms with Crippen LogP contribution in [0.2, 0.25) is 0 Å². The van der Waals surface area contributed by atoms with Gasteiger partial charge in [0, 0.05) is 50.0 Å². The second-order valence-electron chi connectivity index (χ2n) is 13.0. The third-order valence-electron chi connectivity index (χ3n) is 9.07. The predicted molar refractivity (Wildman–Crippen MR) is 179 cm³/mol. The number of aliphatic hydroxyl groups excluding tert-OH is 1. The van der Waals surface area contributed by atoms with Crippen LogP contribution in [0.15, 0.2) is 48.5 Å². The summed E-state index contributed by atoms with van der Waals surface area (Å²) in [5.74, 6) is -0.134. The summed E-state index contributed by atoms with van der Waals surface area (Å²) in [6.45, 7) is 6.72. The summed E-state index contributed by atoms with van der Waals surface area (Å²) < 4.78 is 12.7. The highest BCUT2D eigenvalue weighted by Crippen LogP contribution is 2.29. The molecule has 2 aliphatic rings. The summed E-state index contributed by atoms with van der Waals surface area (Å²) in [4.78, 5) is 43.7. The molecule has 0 saturated heterocycles. The van der Waals surface area contributed by atoms with Crippen molar-refractivity contribution < 1.29 is 29.0 Å². The van der Waals surface area contributed by atoms with Crippen molar-refractivity contribution in [3.63, 3.8) is 0 Å². The minimum absolute atomic E-state index is 0.0973. The molecule has 46 heavy (non-hydrogen) atoms. The highest BCUT2D eigenvalue weighted by molar-refractivity contribution is 5.99. The van der Waals surface area contributed by atoms with Gasteiger partial charge in [-0.2, -0.15) is 0 Å². The van der Waals surface area contributed by atoms with Gasteiger partial charge in [-0.05, 0) is 76.3 Å². The molecule has 0 unspecified atom stereocenters. The first-order chi connectivity index (χ1) is 22.2. The highest BCUT2D eigenvalue weighted by Gasteiger charge is 2.31. The van der Waals surface area contributed by atoms with Crippen LogP contribution in [0.1, 0.15) is 92.9 Å². The number of amides is 4. The van der Waals surface area contributed by atoms with Gasteiger partial charge in [0.1, 0.15) is 5.75 Å². The fourth-order valence-electron chi connectivity index (χ4n) is 6.22. The summed E-state index contributed by atoms with van der Waals surface area (Å²) in [7, 11) is 1.77. The fourth-order valence-corrected chi connectivity index (χ4v) is 6.22. The summed E-state index contributed by atoms with van der Waals surface area (Å²) in [6.07, 6.45) is 7.32. The average molecular weight is 637 g/mol. The van der Waals surface area contributed by atoms with Gasteiger partial charge in [-0.15, -0.1) is 0 Å². The first-order valence-electron chi connectivity index (χ1n) is 16.9. The van der Waals surface area contributed by atoms with Gasteiger partial charge in [0.05, 0.1) is 30.4 Å². The third-order valence-corrected chi connectivity index (χ3v) is 9.07. The smallest absolute Gasteiger partial charge is 0.319 e. The van der Waals surface area contributed by atoms with Gasteiger partial charge in [0.2, 0.25) is 0 Å². The molecule has 252 valence electrons. The Morgan fingerprint density at radius 1 is 1.02 bits per heavy atom. The number of anilines is 1. The molecular weight excluding hydrogens is 584 g/mol. The van der Waals surface area contributed by atoms with Crippen molar-refractivity contribution in [2.24, 2.45) is 5.92 Å². The molecule has 1 aliphatic heterocycles. The molecule has 1 aliphatic carbocycles. The average Bonchev–Trinajstić information content (AvgIpc) is 3.06. The molecule has 4 atom stereocenters. The van der Waals surface area contributed by atoms with E-state index in [-0.39, 0.29) is 55.2 Å². The number of benzene rings is 2. The fraction of sp³-hybridized carbons (Fsp3) is 0.583. The number of carbonyl (C=O) groups is 3. The molecule has 4 amide bonds. The van der Waals surface area contributed by atoms with Crippen molar-refractivity contribution in [1.82, 2.24) is 15.1 Å². The van der Waals surface area contributed by atoms with Crippen molar-refractivity contribution in [3.8, 4) is 5.75 Å². The zero-order chi connectivity index (χ0) is 33.1. The van der Waals surface area contributed by atoms with E-state index in [0.29, 0.717) is 35.7 Å². The normalized spacial score (nSPS) is 22.5. The Kier molecular flexibility index (Phi) is 13.3. The van der Waals surface area contributed by atoms with Crippen LogP contribution in [-0.4, -0.2) is 90.4 Å².